The number of rotatable bonds is 9. The number of amides is 2. The fraction of sp³-hybridized carbons (Fsp3) is 0.412. The molecule has 3 N–H and O–H groups in total. The smallest absolute Gasteiger partial charge is 0.409 e. The number of H-pyrrole nitrogens is 1. The Labute approximate surface area is 291 Å². The predicted molar refractivity (Wildman–Crippen MR) is 178 cm³/mol. The van der Waals surface area contributed by atoms with Crippen molar-refractivity contribution in [1.29, 1.82) is 5.41 Å². The summed E-state index contributed by atoms with van der Waals surface area (Å²) < 4.78 is 38.1. The van der Waals surface area contributed by atoms with Gasteiger partial charge in [-0.15, -0.1) is 0 Å². The monoisotopic (exact) mass is 707 g/mol. The summed E-state index contributed by atoms with van der Waals surface area (Å²) in [7, 11) is 0. The summed E-state index contributed by atoms with van der Waals surface area (Å²) in [6.07, 6.45) is 3.74. The molecule has 0 aliphatic carbocycles. The predicted octanol–water partition coefficient (Wildman–Crippen LogP) is 5.59. The highest BCUT2D eigenvalue weighted by Gasteiger charge is 2.55. The normalized spacial score (nSPS) is 20.5. The van der Waals surface area contributed by atoms with E-state index in [0.29, 0.717) is 76.1 Å². The van der Waals surface area contributed by atoms with Gasteiger partial charge in [0.05, 0.1) is 35.9 Å². The van der Waals surface area contributed by atoms with Crippen molar-refractivity contribution in [3.63, 3.8) is 0 Å². The van der Waals surface area contributed by atoms with Gasteiger partial charge >= 0.3 is 12.6 Å². The number of aromatic nitrogens is 5. The lowest BCUT2D eigenvalue weighted by atomic mass is 9.75. The quantitative estimate of drug-likeness (QED) is 0.203. The highest BCUT2D eigenvalue weighted by molar-refractivity contribution is 6.33. The molecule has 0 unspecified atom stereocenters. The molecule has 3 saturated heterocycles. The van der Waals surface area contributed by atoms with Crippen molar-refractivity contribution in [2.24, 2.45) is 10.8 Å². The minimum absolute atomic E-state index is 0.0109. The van der Waals surface area contributed by atoms with E-state index in [1.165, 1.54) is 23.6 Å². The van der Waals surface area contributed by atoms with E-state index >= 15 is 0 Å². The topological polar surface area (TPSA) is 154 Å². The lowest BCUT2D eigenvalue weighted by molar-refractivity contribution is -0.180. The van der Waals surface area contributed by atoms with Crippen LogP contribution in [-0.4, -0.2) is 85.6 Å². The molecule has 4 aromatic rings. The van der Waals surface area contributed by atoms with Crippen LogP contribution in [-0.2, 0) is 19.8 Å². The van der Waals surface area contributed by atoms with Crippen molar-refractivity contribution in [2.45, 2.75) is 45.3 Å². The van der Waals surface area contributed by atoms with Gasteiger partial charge in [-0.2, -0.15) is 19.0 Å². The second-order valence-electron chi connectivity index (χ2n) is 14.4. The minimum Gasteiger partial charge on any atom is -0.447 e. The summed E-state index contributed by atoms with van der Waals surface area (Å²) in [4.78, 5) is 35.3. The molecule has 50 heavy (non-hydrogen) atoms. The first-order chi connectivity index (χ1) is 23.8. The number of benzene rings is 2. The van der Waals surface area contributed by atoms with Gasteiger partial charge in [-0.05, 0) is 40.7 Å². The number of alkyl halides is 2. The van der Waals surface area contributed by atoms with Crippen LogP contribution in [0.4, 0.5) is 13.6 Å². The van der Waals surface area contributed by atoms with E-state index in [1.807, 2.05) is 20.8 Å². The number of carbonyl (C=O) groups is 2. The number of ether oxygens (including phenoxy) is 2. The SMILES string of the molecule is CC(C)(C)C[C@]1(c2ccc(-c3cnn(C(F)F)c3)cc2)NC(=N)N([C@H](COC(=O)N2CC3(COC3)C2)c2ccc(Cl)c(-c3ncn[nH]3)c2)C1=O. The fourth-order valence-electron chi connectivity index (χ4n) is 6.97. The zero-order valence-electron chi connectivity index (χ0n) is 27.6. The summed E-state index contributed by atoms with van der Waals surface area (Å²) in [5.41, 5.74) is 1.00. The Morgan fingerprint density at radius 3 is 2.48 bits per heavy atom. The van der Waals surface area contributed by atoms with Crippen molar-refractivity contribution in [2.75, 3.05) is 32.9 Å². The van der Waals surface area contributed by atoms with Gasteiger partial charge in [-0.25, -0.2) is 14.5 Å². The molecule has 1 spiro atoms. The third-order valence-electron chi connectivity index (χ3n) is 9.31. The molecule has 13 nitrogen and oxygen atoms in total. The average molecular weight is 708 g/mol. The number of halogens is 3. The third kappa shape index (κ3) is 6.08. The Kier molecular flexibility index (Phi) is 8.37. The highest BCUT2D eigenvalue weighted by Crippen LogP contribution is 2.43. The molecule has 16 heteroatoms. The van der Waals surface area contributed by atoms with E-state index < -0.39 is 35.5 Å². The summed E-state index contributed by atoms with van der Waals surface area (Å²) in [6.45, 7) is 5.25. The van der Waals surface area contributed by atoms with Gasteiger partial charge in [-0.3, -0.25) is 20.2 Å². The summed E-state index contributed by atoms with van der Waals surface area (Å²) >= 11 is 6.56. The number of likely N-dealkylation sites (tertiary alicyclic amines) is 1. The van der Waals surface area contributed by atoms with Crippen LogP contribution in [0.15, 0.2) is 61.2 Å². The molecule has 2 aromatic carbocycles. The summed E-state index contributed by atoms with van der Waals surface area (Å²) in [5, 5.41) is 23.2. The van der Waals surface area contributed by atoms with Crippen molar-refractivity contribution in [3.8, 4) is 22.5 Å². The van der Waals surface area contributed by atoms with Crippen LogP contribution in [0, 0.1) is 16.2 Å². The summed E-state index contributed by atoms with van der Waals surface area (Å²) in [6, 6.07) is 11.2. The van der Waals surface area contributed by atoms with Gasteiger partial charge in [-0.1, -0.05) is 62.7 Å². The Morgan fingerprint density at radius 1 is 1.14 bits per heavy atom. The van der Waals surface area contributed by atoms with Crippen LogP contribution in [0.2, 0.25) is 5.02 Å². The molecule has 0 radical (unpaired) electrons. The highest BCUT2D eigenvalue weighted by atomic mass is 35.5. The molecule has 0 bridgehead atoms. The van der Waals surface area contributed by atoms with Crippen LogP contribution in [0.1, 0.15) is 50.9 Å². The number of nitrogens with one attached hydrogen (secondary N) is 3. The lowest BCUT2D eigenvalue weighted by Crippen LogP contribution is -2.67. The molecule has 2 amide bonds. The number of hydrogen-bond acceptors (Lipinski definition) is 8. The van der Waals surface area contributed by atoms with Crippen molar-refractivity contribution >= 4 is 29.6 Å². The molecule has 3 aliphatic rings. The third-order valence-corrected chi connectivity index (χ3v) is 9.64. The maximum atomic E-state index is 14.9. The van der Waals surface area contributed by atoms with E-state index in [2.05, 4.69) is 25.6 Å². The van der Waals surface area contributed by atoms with E-state index in [9.17, 15) is 23.8 Å². The lowest BCUT2D eigenvalue weighted by Gasteiger charge is -2.54. The second kappa shape index (κ2) is 12.5. The van der Waals surface area contributed by atoms with Gasteiger partial charge in [0.2, 0.25) is 0 Å². The van der Waals surface area contributed by atoms with Gasteiger partial charge in [0.15, 0.2) is 11.8 Å². The Hall–Kier alpha value is -4.89. The van der Waals surface area contributed by atoms with Gasteiger partial charge in [0, 0.05) is 30.4 Å². The molecular weight excluding hydrogens is 672 g/mol. The molecule has 2 atom stereocenters. The molecule has 2 aromatic heterocycles. The van der Waals surface area contributed by atoms with Crippen LogP contribution >= 0.6 is 11.6 Å². The van der Waals surface area contributed by atoms with Gasteiger partial charge in [0.25, 0.3) is 5.91 Å². The van der Waals surface area contributed by atoms with E-state index in [0.717, 1.165) is 0 Å². The Bertz CT molecular complexity index is 1920. The standard InChI is InChI=1S/C34H36ClF2N9O4/c1-32(2,3)14-34(23-7-4-20(5-8-23)22-11-41-45(12-22)29(36)37)28(47)46(30(38)42-34)26(13-50-31(48)44-15-33(16-44)17-49-18-33)21-6-9-25(35)24(10-21)27-39-19-40-43-27/h4-12,19,26,29H,13-18H2,1-3H3,(H2,38,42)(H,39,40,43)/t26-,34-/m1/s1. The minimum atomic E-state index is -2.77. The second-order valence-corrected chi connectivity index (χ2v) is 14.8. The maximum absolute atomic E-state index is 14.9. The molecule has 7 rings (SSSR count). The van der Waals surface area contributed by atoms with E-state index in [-0.39, 0.29) is 18.0 Å². The number of nitrogens with zero attached hydrogens (tertiary/aromatic N) is 6. The molecule has 262 valence electrons. The zero-order valence-corrected chi connectivity index (χ0v) is 28.4. The van der Waals surface area contributed by atoms with Gasteiger partial charge in [0.1, 0.15) is 18.5 Å². The number of carbonyl (C=O) groups excluding carboxylic acids is 2. The first-order valence-electron chi connectivity index (χ1n) is 16.1. The first-order valence-corrected chi connectivity index (χ1v) is 16.4. The molecule has 5 heterocycles. The van der Waals surface area contributed by atoms with Crippen LogP contribution in [0.25, 0.3) is 22.5 Å². The van der Waals surface area contributed by atoms with Crippen molar-refractivity contribution in [1.82, 2.24) is 40.1 Å². The number of hydrogen-bond donors (Lipinski definition) is 3. The maximum Gasteiger partial charge on any atom is 0.409 e. The fourth-order valence-corrected chi connectivity index (χ4v) is 7.18. The van der Waals surface area contributed by atoms with E-state index in [4.69, 9.17) is 21.1 Å². The summed E-state index contributed by atoms with van der Waals surface area (Å²) in [5.74, 6) is -0.181. The molecule has 0 saturated carbocycles. The van der Waals surface area contributed by atoms with Crippen LogP contribution in [0.5, 0.6) is 0 Å². The molecular formula is C34H36ClF2N9O4. The largest absolute Gasteiger partial charge is 0.447 e. The zero-order chi connectivity index (χ0) is 35.4. The Morgan fingerprint density at radius 2 is 1.88 bits per heavy atom. The first kappa shape index (κ1) is 33.6. The molecule has 3 aliphatic heterocycles. The van der Waals surface area contributed by atoms with Crippen LogP contribution in [0.3, 0.4) is 0 Å². The number of aromatic amines is 1. The van der Waals surface area contributed by atoms with Gasteiger partial charge < -0.3 is 19.7 Å². The molecule has 3 fully saturated rings. The Balaban J connectivity index is 1.23. The van der Waals surface area contributed by atoms with E-state index in [1.54, 1.807) is 47.4 Å². The average Bonchev–Trinajstić information content (AvgIpc) is 3.78. The van der Waals surface area contributed by atoms with Crippen LogP contribution < -0.4 is 5.32 Å². The number of guanidine groups is 1. The van der Waals surface area contributed by atoms with Crippen molar-refractivity contribution < 1.29 is 27.8 Å². The van der Waals surface area contributed by atoms with Crippen molar-refractivity contribution in [3.05, 3.63) is 77.3 Å².